The second-order valence-corrected chi connectivity index (χ2v) is 5.89. The third kappa shape index (κ3) is 4.79. The van der Waals surface area contributed by atoms with Crippen LogP contribution in [0.5, 0.6) is 0 Å². The maximum atomic E-state index is 12.9. The molecule has 0 radical (unpaired) electrons. The van der Waals surface area contributed by atoms with Crippen LogP contribution < -0.4 is 10.2 Å². The van der Waals surface area contributed by atoms with Crippen molar-refractivity contribution < 1.29 is 9.59 Å². The molecule has 25 heavy (non-hydrogen) atoms. The van der Waals surface area contributed by atoms with E-state index in [0.29, 0.717) is 19.6 Å². The molecule has 134 valence electrons. The van der Waals surface area contributed by atoms with E-state index in [9.17, 15) is 9.59 Å². The van der Waals surface area contributed by atoms with E-state index < -0.39 is 0 Å². The number of nitrogens with zero attached hydrogens (tertiary/aromatic N) is 2. The van der Waals surface area contributed by atoms with Crippen molar-refractivity contribution in [2.24, 2.45) is 0 Å². The van der Waals surface area contributed by atoms with Crippen molar-refractivity contribution in [3.63, 3.8) is 0 Å². The SMILES string of the molecule is CCNC(=O)CN(CC)CC(=O)N(CC)c1cccc2ccccc12. The van der Waals surface area contributed by atoms with Crippen molar-refractivity contribution in [3.05, 3.63) is 42.5 Å². The zero-order valence-corrected chi connectivity index (χ0v) is 15.3. The molecule has 5 nitrogen and oxygen atoms in total. The first-order valence-electron chi connectivity index (χ1n) is 8.87. The van der Waals surface area contributed by atoms with Crippen molar-refractivity contribution >= 4 is 28.3 Å². The maximum Gasteiger partial charge on any atom is 0.241 e. The van der Waals surface area contributed by atoms with E-state index in [0.717, 1.165) is 16.5 Å². The molecular formula is C20H27N3O2. The number of nitrogens with one attached hydrogen (secondary N) is 1. The highest BCUT2D eigenvalue weighted by Gasteiger charge is 2.19. The molecule has 0 aliphatic rings. The van der Waals surface area contributed by atoms with Crippen LogP contribution >= 0.6 is 0 Å². The van der Waals surface area contributed by atoms with Crippen molar-refractivity contribution in [3.8, 4) is 0 Å². The molecule has 0 bridgehead atoms. The second-order valence-electron chi connectivity index (χ2n) is 5.89. The molecule has 2 amide bonds. The maximum absolute atomic E-state index is 12.9. The van der Waals surface area contributed by atoms with Gasteiger partial charge in [0.15, 0.2) is 0 Å². The van der Waals surface area contributed by atoms with Gasteiger partial charge >= 0.3 is 0 Å². The third-order valence-corrected chi connectivity index (χ3v) is 4.22. The van der Waals surface area contributed by atoms with Gasteiger partial charge in [0.1, 0.15) is 0 Å². The quantitative estimate of drug-likeness (QED) is 0.803. The molecule has 2 rings (SSSR count). The number of hydrogen-bond donors (Lipinski definition) is 1. The molecule has 0 aliphatic heterocycles. The van der Waals surface area contributed by atoms with Gasteiger partial charge in [0.05, 0.1) is 18.8 Å². The normalized spacial score (nSPS) is 10.9. The molecule has 0 aliphatic carbocycles. The molecule has 0 atom stereocenters. The summed E-state index contributed by atoms with van der Waals surface area (Å²) in [6.07, 6.45) is 0. The molecule has 0 saturated heterocycles. The fourth-order valence-corrected chi connectivity index (χ4v) is 2.94. The lowest BCUT2D eigenvalue weighted by atomic mass is 10.1. The van der Waals surface area contributed by atoms with Crippen molar-refractivity contribution in [1.82, 2.24) is 10.2 Å². The van der Waals surface area contributed by atoms with Gasteiger partial charge in [0, 0.05) is 18.5 Å². The molecule has 2 aromatic carbocycles. The average molecular weight is 341 g/mol. The molecular weight excluding hydrogens is 314 g/mol. The van der Waals surface area contributed by atoms with E-state index in [1.807, 2.05) is 68.1 Å². The third-order valence-electron chi connectivity index (χ3n) is 4.22. The Balaban J connectivity index is 2.18. The Hall–Kier alpha value is -2.40. The lowest BCUT2D eigenvalue weighted by molar-refractivity contribution is -0.123. The Kier molecular flexibility index (Phi) is 6.95. The fourth-order valence-electron chi connectivity index (χ4n) is 2.94. The molecule has 2 aromatic rings. The summed E-state index contributed by atoms with van der Waals surface area (Å²) in [6, 6.07) is 14.1. The smallest absolute Gasteiger partial charge is 0.241 e. The Morgan fingerprint density at radius 1 is 0.920 bits per heavy atom. The number of hydrogen-bond acceptors (Lipinski definition) is 3. The molecule has 1 N–H and O–H groups in total. The van der Waals surface area contributed by atoms with Crippen molar-refractivity contribution in [2.75, 3.05) is 37.6 Å². The van der Waals surface area contributed by atoms with Gasteiger partial charge in [-0.3, -0.25) is 14.5 Å². The lowest BCUT2D eigenvalue weighted by Crippen LogP contribution is -2.44. The Bertz CT molecular complexity index is 724. The minimum Gasteiger partial charge on any atom is -0.355 e. The van der Waals surface area contributed by atoms with Gasteiger partial charge in [-0.2, -0.15) is 0 Å². The van der Waals surface area contributed by atoms with Gasteiger partial charge in [0.2, 0.25) is 11.8 Å². The first-order chi connectivity index (χ1) is 12.1. The minimum absolute atomic E-state index is 0.00463. The summed E-state index contributed by atoms with van der Waals surface area (Å²) in [5.74, 6) is -0.0460. The van der Waals surface area contributed by atoms with E-state index in [1.54, 1.807) is 4.90 Å². The highest BCUT2D eigenvalue weighted by molar-refractivity contribution is 6.04. The summed E-state index contributed by atoms with van der Waals surface area (Å²) in [4.78, 5) is 28.3. The Morgan fingerprint density at radius 3 is 2.32 bits per heavy atom. The summed E-state index contributed by atoms with van der Waals surface area (Å²) in [7, 11) is 0. The van der Waals surface area contributed by atoms with E-state index in [4.69, 9.17) is 0 Å². The topological polar surface area (TPSA) is 52.7 Å². The van der Waals surface area contributed by atoms with Gasteiger partial charge in [-0.25, -0.2) is 0 Å². The van der Waals surface area contributed by atoms with E-state index in [1.165, 1.54) is 0 Å². The van der Waals surface area contributed by atoms with Crippen LogP contribution in [0.1, 0.15) is 20.8 Å². The highest BCUT2D eigenvalue weighted by atomic mass is 16.2. The first-order valence-corrected chi connectivity index (χ1v) is 8.87. The number of benzene rings is 2. The number of anilines is 1. The first kappa shape index (κ1) is 18.9. The summed E-state index contributed by atoms with van der Waals surface area (Å²) in [6.45, 7) is 8.12. The van der Waals surface area contributed by atoms with Crippen molar-refractivity contribution in [1.29, 1.82) is 0 Å². The fraction of sp³-hybridized carbons (Fsp3) is 0.400. The monoisotopic (exact) mass is 341 g/mol. The molecule has 0 saturated carbocycles. The molecule has 5 heteroatoms. The number of fused-ring (bicyclic) bond motifs is 1. The predicted molar refractivity (Wildman–Crippen MR) is 103 cm³/mol. The Morgan fingerprint density at radius 2 is 1.64 bits per heavy atom. The van der Waals surface area contributed by atoms with Gasteiger partial charge in [0.25, 0.3) is 0 Å². The van der Waals surface area contributed by atoms with Crippen LogP contribution in [0.25, 0.3) is 10.8 Å². The summed E-state index contributed by atoms with van der Waals surface area (Å²) in [5.41, 5.74) is 0.916. The average Bonchev–Trinajstić information content (AvgIpc) is 2.62. The predicted octanol–water partition coefficient (Wildman–Crippen LogP) is 2.65. The zero-order valence-electron chi connectivity index (χ0n) is 15.3. The summed E-state index contributed by atoms with van der Waals surface area (Å²) < 4.78 is 0. The van der Waals surface area contributed by atoms with Gasteiger partial charge in [-0.15, -0.1) is 0 Å². The van der Waals surface area contributed by atoms with Gasteiger partial charge in [-0.05, 0) is 31.8 Å². The number of carbonyl (C=O) groups excluding carboxylic acids is 2. The van der Waals surface area contributed by atoms with E-state index in [-0.39, 0.29) is 24.9 Å². The number of carbonyl (C=O) groups is 2. The highest BCUT2D eigenvalue weighted by Crippen LogP contribution is 2.26. The zero-order chi connectivity index (χ0) is 18.2. The van der Waals surface area contributed by atoms with Crippen LogP contribution in [0, 0.1) is 0 Å². The number of rotatable bonds is 8. The molecule has 0 fully saturated rings. The van der Waals surface area contributed by atoms with Crippen LogP contribution in [-0.4, -0.2) is 49.4 Å². The summed E-state index contributed by atoms with van der Waals surface area (Å²) in [5, 5.41) is 4.95. The molecule has 0 heterocycles. The molecule has 0 spiro atoms. The van der Waals surface area contributed by atoms with Gasteiger partial charge < -0.3 is 10.2 Å². The van der Waals surface area contributed by atoms with Crippen LogP contribution in [0.15, 0.2) is 42.5 Å². The summed E-state index contributed by atoms with van der Waals surface area (Å²) >= 11 is 0. The van der Waals surface area contributed by atoms with Gasteiger partial charge in [-0.1, -0.05) is 43.3 Å². The van der Waals surface area contributed by atoms with Crippen molar-refractivity contribution in [2.45, 2.75) is 20.8 Å². The largest absolute Gasteiger partial charge is 0.355 e. The van der Waals surface area contributed by atoms with Crippen LogP contribution in [-0.2, 0) is 9.59 Å². The minimum atomic E-state index is -0.0506. The number of amides is 2. The van der Waals surface area contributed by atoms with Crippen LogP contribution in [0.2, 0.25) is 0 Å². The van der Waals surface area contributed by atoms with Crippen LogP contribution in [0.3, 0.4) is 0 Å². The molecule has 0 aromatic heterocycles. The number of likely N-dealkylation sites (N-methyl/N-ethyl adjacent to an activating group) is 3. The van der Waals surface area contributed by atoms with E-state index >= 15 is 0 Å². The van der Waals surface area contributed by atoms with E-state index in [2.05, 4.69) is 5.32 Å². The standard InChI is InChI=1S/C20H27N3O2/c1-4-21-19(24)14-22(5-2)15-20(25)23(6-3)18-13-9-11-16-10-7-8-12-17(16)18/h7-13H,4-6,14-15H2,1-3H3,(H,21,24). The van der Waals surface area contributed by atoms with Crippen LogP contribution in [0.4, 0.5) is 5.69 Å². The lowest BCUT2D eigenvalue weighted by Gasteiger charge is -2.26. The molecule has 0 unspecified atom stereocenters. The Labute approximate surface area is 149 Å². The second kappa shape index (κ2) is 9.18.